The minimum atomic E-state index is -0.473. The van der Waals surface area contributed by atoms with Crippen molar-refractivity contribution >= 4 is 40.1 Å². The molecule has 2 aromatic carbocycles. The topological polar surface area (TPSA) is 70.6 Å². The summed E-state index contributed by atoms with van der Waals surface area (Å²) in [6.07, 6.45) is 1.20. The molecule has 3 rings (SSSR count). The molecule has 0 spiro atoms. The molecule has 152 valence electrons. The van der Waals surface area contributed by atoms with E-state index in [1.54, 1.807) is 0 Å². The Balaban J connectivity index is 1.61. The molecule has 2 aromatic rings. The number of aliphatic imine (C=N–C) groups is 1. The molecule has 1 fully saturated rings. The molecule has 0 bridgehead atoms. The highest BCUT2D eigenvalue weighted by Crippen LogP contribution is 2.27. The highest BCUT2D eigenvalue weighted by molar-refractivity contribution is 8.15. The number of carbonyl (C=O) groups excluding carboxylic acids is 2. The Kier molecular flexibility index (Phi) is 6.75. The number of amides is 2. The third kappa shape index (κ3) is 5.48. The first-order valence-corrected chi connectivity index (χ1v) is 10.8. The first kappa shape index (κ1) is 21.1. The maximum absolute atomic E-state index is 12.4. The molecule has 2 N–H and O–H groups in total. The lowest BCUT2D eigenvalue weighted by atomic mass is 9.99. The van der Waals surface area contributed by atoms with E-state index < -0.39 is 5.25 Å². The van der Waals surface area contributed by atoms with Crippen molar-refractivity contribution in [1.82, 2.24) is 5.32 Å². The molecule has 1 heterocycles. The Labute approximate surface area is 176 Å². The number of benzene rings is 2. The summed E-state index contributed by atoms with van der Waals surface area (Å²) >= 11 is 1.30. The molecule has 0 aliphatic carbocycles. The van der Waals surface area contributed by atoms with Crippen LogP contribution in [-0.2, 0) is 9.59 Å². The van der Waals surface area contributed by atoms with E-state index in [9.17, 15) is 9.59 Å². The molecule has 2 atom stereocenters. The Morgan fingerprint density at radius 3 is 2.59 bits per heavy atom. The summed E-state index contributed by atoms with van der Waals surface area (Å²) in [4.78, 5) is 29.2. The van der Waals surface area contributed by atoms with E-state index in [-0.39, 0.29) is 18.2 Å². The van der Waals surface area contributed by atoms with Gasteiger partial charge >= 0.3 is 0 Å². The third-order valence-electron chi connectivity index (χ3n) is 5.11. The zero-order chi connectivity index (χ0) is 21.0. The van der Waals surface area contributed by atoms with Gasteiger partial charge in [-0.25, -0.2) is 4.99 Å². The second-order valence-corrected chi connectivity index (χ2v) is 8.68. The van der Waals surface area contributed by atoms with Gasteiger partial charge in [-0.1, -0.05) is 55.4 Å². The number of hydrogen-bond donors (Lipinski definition) is 2. The number of thioether (sulfide) groups is 1. The number of aryl methyl sites for hydroxylation is 2. The second-order valence-electron chi connectivity index (χ2n) is 7.48. The van der Waals surface area contributed by atoms with E-state index >= 15 is 0 Å². The van der Waals surface area contributed by atoms with Crippen molar-refractivity contribution in [2.24, 2.45) is 4.99 Å². The molecule has 0 unspecified atom stereocenters. The molecular formula is C23H27N3O2S. The largest absolute Gasteiger partial charge is 0.326 e. The third-order valence-corrected chi connectivity index (χ3v) is 6.19. The normalized spacial score (nSPS) is 18.6. The summed E-state index contributed by atoms with van der Waals surface area (Å²) in [6.45, 7) is 8.33. The smallest absolute Gasteiger partial charge is 0.240 e. The minimum Gasteiger partial charge on any atom is -0.326 e. The number of nitrogens with zero attached hydrogens (tertiary/aromatic N) is 1. The summed E-state index contributed by atoms with van der Waals surface area (Å²) in [5.41, 5.74) is 4.99. The fraction of sp³-hybridized carbons (Fsp3) is 0.348. The van der Waals surface area contributed by atoms with Gasteiger partial charge in [0.15, 0.2) is 5.17 Å². The van der Waals surface area contributed by atoms with Crippen molar-refractivity contribution in [1.29, 1.82) is 0 Å². The van der Waals surface area contributed by atoms with E-state index in [1.807, 2.05) is 44.2 Å². The molecule has 5 nitrogen and oxygen atoms in total. The van der Waals surface area contributed by atoms with Crippen molar-refractivity contribution in [2.75, 3.05) is 5.32 Å². The van der Waals surface area contributed by atoms with Crippen LogP contribution in [0.2, 0.25) is 0 Å². The minimum absolute atomic E-state index is 0.107. The van der Waals surface area contributed by atoms with Crippen molar-refractivity contribution < 1.29 is 9.59 Å². The van der Waals surface area contributed by atoms with Gasteiger partial charge in [0.2, 0.25) is 11.8 Å². The van der Waals surface area contributed by atoms with Gasteiger partial charge in [-0.15, -0.1) is 0 Å². The molecule has 1 aliphatic heterocycles. The van der Waals surface area contributed by atoms with E-state index in [0.717, 1.165) is 28.9 Å². The van der Waals surface area contributed by atoms with Crippen molar-refractivity contribution in [3.05, 3.63) is 59.2 Å². The van der Waals surface area contributed by atoms with Crippen LogP contribution in [0.15, 0.2) is 47.5 Å². The molecule has 0 aromatic heterocycles. The van der Waals surface area contributed by atoms with Crippen LogP contribution in [0.1, 0.15) is 49.3 Å². The predicted molar refractivity (Wildman–Crippen MR) is 121 cm³/mol. The van der Waals surface area contributed by atoms with E-state index in [2.05, 4.69) is 41.6 Å². The van der Waals surface area contributed by atoms with Gasteiger partial charge in [0.05, 0.1) is 5.69 Å². The van der Waals surface area contributed by atoms with Gasteiger partial charge in [0, 0.05) is 12.1 Å². The Hall–Kier alpha value is -2.60. The van der Waals surface area contributed by atoms with Gasteiger partial charge in [-0.2, -0.15) is 0 Å². The van der Waals surface area contributed by atoms with Gasteiger partial charge in [-0.3, -0.25) is 9.59 Å². The molecule has 1 aliphatic rings. The standard InChI is InChI=1S/C23H27N3O2S/c1-5-15(3)17-7-9-18(10-8-17)24-23-26-22(28)20(29-23)13-21(27)25-19-11-6-14(2)12-16(19)4/h6-12,15,20H,5,13H2,1-4H3,(H,25,27)(H,24,26,28)/t15-,20-/m1/s1. The Morgan fingerprint density at radius 1 is 1.21 bits per heavy atom. The maximum atomic E-state index is 12.4. The van der Waals surface area contributed by atoms with E-state index in [4.69, 9.17) is 0 Å². The van der Waals surface area contributed by atoms with Crippen LogP contribution >= 0.6 is 11.8 Å². The van der Waals surface area contributed by atoms with Gasteiger partial charge < -0.3 is 10.6 Å². The molecular weight excluding hydrogens is 382 g/mol. The average Bonchev–Trinajstić information content (AvgIpc) is 3.02. The van der Waals surface area contributed by atoms with Crippen LogP contribution in [0.3, 0.4) is 0 Å². The lowest BCUT2D eigenvalue weighted by Crippen LogP contribution is -2.28. The van der Waals surface area contributed by atoms with Crippen molar-refractivity contribution in [3.63, 3.8) is 0 Å². The first-order valence-electron chi connectivity index (χ1n) is 9.89. The van der Waals surface area contributed by atoms with Crippen LogP contribution in [0.25, 0.3) is 0 Å². The predicted octanol–water partition coefficient (Wildman–Crippen LogP) is 5.06. The second kappa shape index (κ2) is 9.27. The van der Waals surface area contributed by atoms with Crippen molar-refractivity contribution in [3.8, 4) is 0 Å². The number of hydrogen-bond acceptors (Lipinski definition) is 4. The summed E-state index contributed by atoms with van der Waals surface area (Å²) in [5, 5.41) is 5.75. The molecule has 0 radical (unpaired) electrons. The Morgan fingerprint density at radius 2 is 1.93 bits per heavy atom. The van der Waals surface area contributed by atoms with Crippen molar-refractivity contribution in [2.45, 2.75) is 51.7 Å². The highest BCUT2D eigenvalue weighted by Gasteiger charge is 2.32. The lowest BCUT2D eigenvalue weighted by molar-refractivity contribution is -0.122. The molecule has 29 heavy (non-hydrogen) atoms. The Bertz CT molecular complexity index is 938. The summed E-state index contributed by atoms with van der Waals surface area (Å²) in [7, 11) is 0. The SMILES string of the molecule is CC[C@@H](C)c1ccc(N=C2NC(=O)[C@@H](CC(=O)Nc3ccc(C)cc3C)S2)cc1. The molecule has 1 saturated heterocycles. The number of rotatable bonds is 6. The zero-order valence-electron chi connectivity index (χ0n) is 17.3. The summed E-state index contributed by atoms with van der Waals surface area (Å²) in [6, 6.07) is 13.9. The van der Waals surface area contributed by atoms with Crippen LogP contribution in [-0.4, -0.2) is 22.2 Å². The quantitative estimate of drug-likeness (QED) is 0.700. The summed E-state index contributed by atoms with van der Waals surface area (Å²) in [5.74, 6) is 0.154. The van der Waals surface area contributed by atoms with Gasteiger partial charge in [0.1, 0.15) is 5.25 Å². The highest BCUT2D eigenvalue weighted by atomic mass is 32.2. The monoisotopic (exact) mass is 409 g/mol. The fourth-order valence-corrected chi connectivity index (χ4v) is 4.13. The van der Waals surface area contributed by atoms with Crippen LogP contribution in [0, 0.1) is 13.8 Å². The zero-order valence-corrected chi connectivity index (χ0v) is 18.1. The van der Waals surface area contributed by atoms with Crippen LogP contribution < -0.4 is 10.6 Å². The lowest BCUT2D eigenvalue weighted by Gasteiger charge is -2.10. The molecule has 2 amide bonds. The van der Waals surface area contributed by atoms with Gasteiger partial charge in [0.25, 0.3) is 0 Å². The summed E-state index contributed by atoms with van der Waals surface area (Å²) < 4.78 is 0. The number of amidine groups is 1. The first-order chi connectivity index (χ1) is 13.9. The number of carbonyl (C=O) groups is 2. The van der Waals surface area contributed by atoms with Crippen LogP contribution in [0.5, 0.6) is 0 Å². The van der Waals surface area contributed by atoms with E-state index in [0.29, 0.717) is 11.1 Å². The average molecular weight is 410 g/mol. The number of nitrogens with one attached hydrogen (secondary N) is 2. The number of anilines is 1. The molecule has 6 heteroatoms. The van der Waals surface area contributed by atoms with Crippen LogP contribution in [0.4, 0.5) is 11.4 Å². The fourth-order valence-electron chi connectivity index (χ4n) is 3.15. The maximum Gasteiger partial charge on any atom is 0.240 e. The van der Waals surface area contributed by atoms with E-state index in [1.165, 1.54) is 17.3 Å². The van der Waals surface area contributed by atoms with Gasteiger partial charge in [-0.05, 0) is 55.5 Å². The molecule has 0 saturated carbocycles.